The predicted octanol–water partition coefficient (Wildman–Crippen LogP) is 3.89. The Kier molecular flexibility index (Phi) is 5.57. The molecule has 1 heterocycles. The van der Waals surface area contributed by atoms with Gasteiger partial charge in [-0.3, -0.25) is 4.79 Å². The predicted molar refractivity (Wildman–Crippen MR) is 87.4 cm³/mol. The fourth-order valence-electron chi connectivity index (χ4n) is 3.59. The van der Waals surface area contributed by atoms with Gasteiger partial charge < -0.3 is 14.2 Å². The topological polar surface area (TPSA) is 44.8 Å². The van der Waals surface area contributed by atoms with Gasteiger partial charge in [-0.25, -0.2) is 0 Å². The highest BCUT2D eigenvalue weighted by Gasteiger charge is 2.47. The van der Waals surface area contributed by atoms with E-state index in [9.17, 15) is 4.79 Å². The Bertz CT molecular complexity index is 528. The first-order valence-corrected chi connectivity index (χ1v) is 8.74. The molecule has 0 aromatic heterocycles. The third-order valence-electron chi connectivity index (χ3n) is 4.73. The number of benzene rings is 1. The van der Waals surface area contributed by atoms with Crippen molar-refractivity contribution >= 4 is 18.1 Å². The maximum atomic E-state index is 10.4. The van der Waals surface area contributed by atoms with Crippen molar-refractivity contribution in [2.75, 3.05) is 6.61 Å². The first-order valence-electron chi connectivity index (χ1n) is 8.37. The van der Waals surface area contributed by atoms with Crippen molar-refractivity contribution in [3.63, 3.8) is 0 Å². The van der Waals surface area contributed by atoms with Crippen molar-refractivity contribution in [1.82, 2.24) is 0 Å². The molecule has 0 amide bonds. The van der Waals surface area contributed by atoms with Crippen molar-refractivity contribution in [2.24, 2.45) is 0 Å². The SMILES string of the molecule is O=COCC[C@@H]1OC2(CCCCC2)O[C@H]1Cc1ccccc1Cl. The summed E-state index contributed by atoms with van der Waals surface area (Å²) in [6.07, 6.45) is 6.64. The summed E-state index contributed by atoms with van der Waals surface area (Å²) in [7, 11) is 0. The van der Waals surface area contributed by atoms with Gasteiger partial charge in [-0.15, -0.1) is 0 Å². The molecule has 3 rings (SSSR count). The summed E-state index contributed by atoms with van der Waals surface area (Å²) in [6.45, 7) is 0.835. The highest BCUT2D eigenvalue weighted by Crippen LogP contribution is 2.42. The molecule has 2 fully saturated rings. The summed E-state index contributed by atoms with van der Waals surface area (Å²) in [5.41, 5.74) is 1.07. The second-order valence-corrected chi connectivity index (χ2v) is 6.74. The lowest BCUT2D eigenvalue weighted by Crippen LogP contribution is -2.33. The van der Waals surface area contributed by atoms with Gasteiger partial charge in [0.15, 0.2) is 5.79 Å². The van der Waals surface area contributed by atoms with Crippen molar-refractivity contribution in [3.05, 3.63) is 34.9 Å². The van der Waals surface area contributed by atoms with Crippen LogP contribution < -0.4 is 0 Å². The van der Waals surface area contributed by atoms with Crippen LogP contribution in [-0.4, -0.2) is 31.1 Å². The largest absolute Gasteiger partial charge is 0.468 e. The highest BCUT2D eigenvalue weighted by molar-refractivity contribution is 6.31. The second-order valence-electron chi connectivity index (χ2n) is 6.34. The van der Waals surface area contributed by atoms with Crippen LogP contribution in [-0.2, 0) is 25.4 Å². The van der Waals surface area contributed by atoms with Crippen molar-refractivity contribution in [1.29, 1.82) is 0 Å². The number of hydrogen-bond donors (Lipinski definition) is 0. The standard InChI is InChI=1S/C18H23ClO4/c19-15-7-3-2-6-14(15)12-17-16(8-11-21-13-20)22-18(23-17)9-4-1-5-10-18/h2-3,6-7,13,16-17H,1,4-5,8-12H2/t16-,17-/m0/s1. The molecule has 1 aromatic rings. The number of carbonyl (C=O) groups excluding carboxylic acids is 1. The van der Waals surface area contributed by atoms with E-state index in [4.69, 9.17) is 25.8 Å². The molecule has 1 aliphatic heterocycles. The number of halogens is 1. The molecule has 2 aliphatic rings. The van der Waals surface area contributed by atoms with E-state index in [-0.39, 0.29) is 12.2 Å². The van der Waals surface area contributed by atoms with Crippen molar-refractivity contribution < 1.29 is 19.0 Å². The third kappa shape index (κ3) is 4.06. The van der Waals surface area contributed by atoms with Gasteiger partial charge in [0, 0.05) is 30.7 Å². The van der Waals surface area contributed by atoms with E-state index in [2.05, 4.69) is 0 Å². The highest BCUT2D eigenvalue weighted by atomic mass is 35.5. The van der Waals surface area contributed by atoms with Crippen LogP contribution in [0.5, 0.6) is 0 Å². The minimum Gasteiger partial charge on any atom is -0.468 e. The summed E-state index contributed by atoms with van der Waals surface area (Å²) in [5.74, 6) is -0.448. The third-order valence-corrected chi connectivity index (χ3v) is 5.10. The van der Waals surface area contributed by atoms with Crippen LogP contribution in [0.15, 0.2) is 24.3 Å². The van der Waals surface area contributed by atoms with Crippen molar-refractivity contribution in [2.45, 2.75) is 62.9 Å². The van der Waals surface area contributed by atoms with Gasteiger partial charge in [-0.2, -0.15) is 0 Å². The number of rotatable bonds is 6. The van der Waals surface area contributed by atoms with E-state index >= 15 is 0 Å². The first-order chi connectivity index (χ1) is 11.2. The summed E-state index contributed by atoms with van der Waals surface area (Å²) < 4.78 is 17.5. The van der Waals surface area contributed by atoms with Crippen LogP contribution in [0, 0.1) is 0 Å². The van der Waals surface area contributed by atoms with E-state index in [0.29, 0.717) is 25.9 Å². The average molecular weight is 339 g/mol. The normalized spacial score (nSPS) is 26.3. The molecule has 0 N–H and O–H groups in total. The molecule has 126 valence electrons. The number of hydrogen-bond acceptors (Lipinski definition) is 4. The molecule has 2 atom stereocenters. The fourth-order valence-corrected chi connectivity index (χ4v) is 3.80. The van der Waals surface area contributed by atoms with E-state index in [0.717, 1.165) is 36.3 Å². The van der Waals surface area contributed by atoms with E-state index < -0.39 is 5.79 Å². The number of ether oxygens (including phenoxy) is 3. The summed E-state index contributed by atoms with van der Waals surface area (Å²) in [5, 5.41) is 0.753. The lowest BCUT2D eigenvalue weighted by Gasteiger charge is -2.32. The molecular formula is C18H23ClO4. The molecular weight excluding hydrogens is 316 g/mol. The maximum absolute atomic E-state index is 10.4. The van der Waals surface area contributed by atoms with Gasteiger partial charge in [-0.1, -0.05) is 36.2 Å². The lowest BCUT2D eigenvalue weighted by atomic mass is 9.94. The molecule has 0 radical (unpaired) electrons. The van der Waals surface area contributed by atoms with Crippen LogP contribution in [0.2, 0.25) is 5.02 Å². The lowest BCUT2D eigenvalue weighted by molar-refractivity contribution is -0.194. The Balaban J connectivity index is 1.71. The van der Waals surface area contributed by atoms with Gasteiger partial charge in [-0.05, 0) is 24.5 Å². The molecule has 23 heavy (non-hydrogen) atoms. The zero-order valence-electron chi connectivity index (χ0n) is 13.2. The Morgan fingerprint density at radius 2 is 1.91 bits per heavy atom. The van der Waals surface area contributed by atoms with Crippen LogP contribution in [0.1, 0.15) is 44.1 Å². The molecule has 1 aromatic carbocycles. The van der Waals surface area contributed by atoms with Crippen LogP contribution >= 0.6 is 11.6 Å². The second kappa shape index (κ2) is 7.65. The molecule has 1 spiro atoms. The van der Waals surface area contributed by atoms with Crippen LogP contribution in [0.3, 0.4) is 0 Å². The van der Waals surface area contributed by atoms with Gasteiger partial charge in [0.1, 0.15) is 0 Å². The van der Waals surface area contributed by atoms with Gasteiger partial charge in [0.05, 0.1) is 18.8 Å². The minimum atomic E-state index is -0.448. The van der Waals surface area contributed by atoms with E-state index in [1.54, 1.807) is 0 Å². The molecule has 5 heteroatoms. The van der Waals surface area contributed by atoms with Gasteiger partial charge in [0.2, 0.25) is 0 Å². The van der Waals surface area contributed by atoms with Crippen LogP contribution in [0.4, 0.5) is 0 Å². The quantitative estimate of drug-likeness (QED) is 0.583. The molecule has 1 saturated carbocycles. The first kappa shape index (κ1) is 16.7. The summed E-state index contributed by atoms with van der Waals surface area (Å²) in [4.78, 5) is 10.4. The summed E-state index contributed by atoms with van der Waals surface area (Å²) >= 11 is 6.29. The van der Waals surface area contributed by atoms with Gasteiger partial charge in [0.25, 0.3) is 6.47 Å². The smallest absolute Gasteiger partial charge is 0.293 e. The summed E-state index contributed by atoms with van der Waals surface area (Å²) in [6, 6.07) is 7.83. The Morgan fingerprint density at radius 3 is 2.65 bits per heavy atom. The van der Waals surface area contributed by atoms with Crippen molar-refractivity contribution in [3.8, 4) is 0 Å². The maximum Gasteiger partial charge on any atom is 0.293 e. The Labute approximate surface area is 142 Å². The monoisotopic (exact) mass is 338 g/mol. The molecule has 0 unspecified atom stereocenters. The van der Waals surface area contributed by atoms with E-state index in [1.807, 2.05) is 24.3 Å². The molecule has 4 nitrogen and oxygen atoms in total. The molecule has 1 aliphatic carbocycles. The fraction of sp³-hybridized carbons (Fsp3) is 0.611. The Hall–Kier alpha value is -1.10. The zero-order chi connectivity index (χ0) is 16.1. The molecule has 1 saturated heterocycles. The van der Waals surface area contributed by atoms with E-state index in [1.165, 1.54) is 6.42 Å². The Morgan fingerprint density at radius 1 is 1.17 bits per heavy atom. The van der Waals surface area contributed by atoms with Crippen LogP contribution in [0.25, 0.3) is 0 Å². The minimum absolute atomic E-state index is 0.0525. The number of carbonyl (C=O) groups is 1. The zero-order valence-corrected chi connectivity index (χ0v) is 14.0. The average Bonchev–Trinajstić information content (AvgIpc) is 2.88. The molecule has 0 bridgehead atoms. The van der Waals surface area contributed by atoms with Gasteiger partial charge >= 0.3 is 0 Å².